The van der Waals surface area contributed by atoms with Gasteiger partial charge in [-0.15, -0.1) is 0 Å². The van der Waals surface area contributed by atoms with Crippen LogP contribution in [0.2, 0.25) is 0 Å². The van der Waals surface area contributed by atoms with Crippen LogP contribution < -0.4 is 0 Å². The molecule has 8 heteroatoms. The largest absolute Gasteiger partial charge is 0.481 e. The monoisotopic (exact) mass is 288 g/mol. The molecule has 1 aliphatic carbocycles. The van der Waals surface area contributed by atoms with Crippen LogP contribution in [0.3, 0.4) is 0 Å². The van der Waals surface area contributed by atoms with Gasteiger partial charge in [0.2, 0.25) is 0 Å². The van der Waals surface area contributed by atoms with E-state index in [1.54, 1.807) is 6.92 Å². The molecular weight excluding hydrogens is 272 g/mol. The van der Waals surface area contributed by atoms with Gasteiger partial charge in [-0.3, -0.25) is 19.2 Å². The summed E-state index contributed by atoms with van der Waals surface area (Å²) in [6.45, 7) is 1.65. The summed E-state index contributed by atoms with van der Waals surface area (Å²) in [7, 11) is 0. The number of esters is 1. The summed E-state index contributed by atoms with van der Waals surface area (Å²) in [5, 5.41) is 27.2. The van der Waals surface area contributed by atoms with E-state index in [0.717, 1.165) is 0 Å². The second-order valence-electron chi connectivity index (χ2n) is 4.66. The van der Waals surface area contributed by atoms with Crippen LogP contribution >= 0.6 is 0 Å². The van der Waals surface area contributed by atoms with Gasteiger partial charge >= 0.3 is 23.9 Å². The molecule has 0 radical (unpaired) electrons. The van der Waals surface area contributed by atoms with Crippen LogP contribution in [0.5, 0.6) is 0 Å². The lowest BCUT2D eigenvalue weighted by Crippen LogP contribution is -2.32. The summed E-state index contributed by atoms with van der Waals surface area (Å²) in [4.78, 5) is 44.9. The number of rotatable bonds is 6. The number of hydrogen-bond acceptors (Lipinski definition) is 5. The summed E-state index contributed by atoms with van der Waals surface area (Å²) in [6.07, 6.45) is -0.711. The molecule has 0 saturated heterocycles. The Morgan fingerprint density at radius 1 is 1.00 bits per heavy atom. The molecule has 1 fully saturated rings. The molecule has 8 nitrogen and oxygen atoms in total. The highest BCUT2D eigenvalue weighted by Crippen LogP contribution is 2.44. The fourth-order valence-electron chi connectivity index (χ4n) is 2.72. The summed E-state index contributed by atoms with van der Waals surface area (Å²) in [5.41, 5.74) is 0. The second kappa shape index (κ2) is 6.36. The zero-order valence-electron chi connectivity index (χ0n) is 10.8. The number of carboxylic acids is 3. The van der Waals surface area contributed by atoms with Crippen LogP contribution in [0.25, 0.3) is 0 Å². The minimum atomic E-state index is -1.41. The van der Waals surface area contributed by atoms with Crippen molar-refractivity contribution < 1.29 is 39.2 Å². The second-order valence-corrected chi connectivity index (χ2v) is 4.66. The maximum Gasteiger partial charge on any atom is 0.307 e. The Labute approximate surface area is 114 Å². The van der Waals surface area contributed by atoms with Crippen molar-refractivity contribution in [1.82, 2.24) is 0 Å². The van der Waals surface area contributed by atoms with E-state index in [2.05, 4.69) is 4.74 Å². The minimum Gasteiger partial charge on any atom is -0.481 e. The number of aliphatic carboxylic acids is 3. The third-order valence-corrected chi connectivity index (χ3v) is 3.55. The van der Waals surface area contributed by atoms with E-state index in [4.69, 9.17) is 15.3 Å². The van der Waals surface area contributed by atoms with Crippen molar-refractivity contribution in [2.24, 2.45) is 23.7 Å². The van der Waals surface area contributed by atoms with Crippen LogP contribution in [0, 0.1) is 23.7 Å². The molecule has 4 unspecified atom stereocenters. The fourth-order valence-corrected chi connectivity index (χ4v) is 2.72. The molecule has 0 aromatic rings. The number of carboxylic acid groups (broad SMARTS) is 3. The van der Waals surface area contributed by atoms with Crippen LogP contribution in [0.15, 0.2) is 0 Å². The Bertz CT molecular complexity index is 429. The number of carbonyl (C=O) groups is 4. The molecule has 0 spiro atoms. The predicted molar refractivity (Wildman–Crippen MR) is 62.7 cm³/mol. The Hall–Kier alpha value is -2.12. The molecule has 0 aliphatic heterocycles. The van der Waals surface area contributed by atoms with Gasteiger partial charge in [-0.2, -0.15) is 0 Å². The molecular formula is C12H16O8. The molecule has 3 N–H and O–H groups in total. The van der Waals surface area contributed by atoms with Gasteiger partial charge in [0.25, 0.3) is 0 Å². The average molecular weight is 288 g/mol. The molecule has 0 amide bonds. The van der Waals surface area contributed by atoms with Gasteiger partial charge in [-0.05, 0) is 19.3 Å². The van der Waals surface area contributed by atoms with E-state index in [1.165, 1.54) is 0 Å². The maximum atomic E-state index is 11.5. The van der Waals surface area contributed by atoms with Gasteiger partial charge in [-0.1, -0.05) is 0 Å². The van der Waals surface area contributed by atoms with Crippen LogP contribution in [0.4, 0.5) is 0 Å². The summed E-state index contributed by atoms with van der Waals surface area (Å²) >= 11 is 0. The van der Waals surface area contributed by atoms with E-state index in [9.17, 15) is 19.2 Å². The lowest BCUT2D eigenvalue weighted by atomic mass is 9.84. The van der Waals surface area contributed by atoms with Gasteiger partial charge in [0, 0.05) is 0 Å². The first-order valence-electron chi connectivity index (χ1n) is 6.13. The topological polar surface area (TPSA) is 138 Å². The normalized spacial score (nSPS) is 28.9. The summed E-state index contributed by atoms with van der Waals surface area (Å²) in [5.74, 6) is -9.77. The van der Waals surface area contributed by atoms with Crippen molar-refractivity contribution >= 4 is 23.9 Å². The van der Waals surface area contributed by atoms with Crippen molar-refractivity contribution in [3.05, 3.63) is 0 Å². The van der Waals surface area contributed by atoms with Gasteiger partial charge in [-0.25, -0.2) is 0 Å². The van der Waals surface area contributed by atoms with Crippen LogP contribution in [-0.4, -0.2) is 45.8 Å². The van der Waals surface area contributed by atoms with E-state index in [0.29, 0.717) is 0 Å². The first kappa shape index (κ1) is 15.9. The summed E-state index contributed by atoms with van der Waals surface area (Å²) < 4.78 is 4.68. The smallest absolute Gasteiger partial charge is 0.307 e. The molecule has 112 valence electrons. The number of hydrogen-bond donors (Lipinski definition) is 3. The Morgan fingerprint density at radius 2 is 1.55 bits per heavy atom. The van der Waals surface area contributed by atoms with Gasteiger partial charge in [0.15, 0.2) is 0 Å². The SMILES string of the molecule is CCOC(=O)CC1C(C(=O)O)CC(C(=O)O)C1C(=O)O. The standard InChI is InChI=1S/C12H16O8/c1-2-20-8(13)4-5-6(10(14)15)3-7(11(16)17)9(5)12(18)19/h5-7,9H,2-4H2,1H3,(H,14,15)(H,16,17)(H,18,19). The highest BCUT2D eigenvalue weighted by molar-refractivity contribution is 5.85. The first-order chi connectivity index (χ1) is 9.29. The van der Waals surface area contributed by atoms with Crippen molar-refractivity contribution in [1.29, 1.82) is 0 Å². The molecule has 1 saturated carbocycles. The molecule has 0 bridgehead atoms. The van der Waals surface area contributed by atoms with Gasteiger partial charge in [0.05, 0.1) is 30.8 Å². The average Bonchev–Trinajstić information content (AvgIpc) is 2.68. The zero-order valence-corrected chi connectivity index (χ0v) is 10.8. The molecule has 1 aliphatic rings. The molecule has 4 atom stereocenters. The van der Waals surface area contributed by atoms with Crippen molar-refractivity contribution in [2.75, 3.05) is 6.61 Å². The van der Waals surface area contributed by atoms with Crippen molar-refractivity contribution in [3.8, 4) is 0 Å². The summed E-state index contributed by atoms with van der Waals surface area (Å²) in [6, 6.07) is 0. The number of ether oxygens (including phenoxy) is 1. The highest BCUT2D eigenvalue weighted by Gasteiger charge is 2.53. The van der Waals surface area contributed by atoms with Crippen molar-refractivity contribution in [2.45, 2.75) is 19.8 Å². The van der Waals surface area contributed by atoms with Gasteiger partial charge in [0.1, 0.15) is 0 Å². The fraction of sp³-hybridized carbons (Fsp3) is 0.667. The predicted octanol–water partition coefficient (Wildman–Crippen LogP) is 0.0619. The van der Waals surface area contributed by atoms with Crippen molar-refractivity contribution in [3.63, 3.8) is 0 Å². The molecule has 0 heterocycles. The third kappa shape index (κ3) is 3.25. The van der Waals surface area contributed by atoms with E-state index in [1.807, 2.05) is 0 Å². The Morgan fingerprint density at radius 3 is 1.95 bits per heavy atom. The lowest BCUT2D eigenvalue weighted by molar-refractivity contribution is -0.155. The van der Waals surface area contributed by atoms with E-state index in [-0.39, 0.29) is 13.0 Å². The van der Waals surface area contributed by atoms with E-state index < -0.39 is 54.0 Å². The first-order valence-corrected chi connectivity index (χ1v) is 6.13. The number of carbonyl (C=O) groups excluding carboxylic acids is 1. The molecule has 0 aromatic carbocycles. The van der Waals surface area contributed by atoms with Gasteiger partial charge < -0.3 is 20.1 Å². The Balaban J connectivity index is 3.03. The Kier molecular flexibility index (Phi) is 5.06. The van der Waals surface area contributed by atoms with Crippen LogP contribution in [0.1, 0.15) is 19.8 Å². The quantitative estimate of drug-likeness (QED) is 0.583. The van der Waals surface area contributed by atoms with Crippen LogP contribution in [-0.2, 0) is 23.9 Å². The highest BCUT2D eigenvalue weighted by atomic mass is 16.5. The molecule has 20 heavy (non-hydrogen) atoms. The maximum absolute atomic E-state index is 11.5. The van der Waals surface area contributed by atoms with E-state index >= 15 is 0 Å². The minimum absolute atomic E-state index is 0.0867. The third-order valence-electron chi connectivity index (χ3n) is 3.55. The zero-order chi connectivity index (χ0) is 15.4. The molecule has 1 rings (SSSR count). The lowest BCUT2D eigenvalue weighted by Gasteiger charge is -2.20. The molecule has 0 aromatic heterocycles.